The summed E-state index contributed by atoms with van der Waals surface area (Å²) in [4.78, 5) is 0. The summed E-state index contributed by atoms with van der Waals surface area (Å²) in [5.74, 6) is 0.599. The highest BCUT2D eigenvalue weighted by molar-refractivity contribution is 5.04. The van der Waals surface area contributed by atoms with E-state index in [4.69, 9.17) is 4.74 Å². The first-order chi connectivity index (χ1) is 8.02. The Kier molecular flexibility index (Phi) is 3.65. The molecular formula is C15H26O2. The maximum Gasteiger partial charge on any atom is 0.0688 e. The van der Waals surface area contributed by atoms with E-state index < -0.39 is 0 Å². The van der Waals surface area contributed by atoms with Gasteiger partial charge in [-0.3, -0.25) is 0 Å². The van der Waals surface area contributed by atoms with E-state index in [2.05, 4.69) is 26.8 Å². The highest BCUT2D eigenvalue weighted by Gasteiger charge is 2.53. The standard InChI is InChI=1S/C15H26O2/c1-12(2)5-4-6-15-8-7-14(10-16,11-17-15)13(3)9-15/h5,13,16H,4,6-11H2,1-3H3/t13-,14-,15-/m1/s1. The first-order valence-electron chi connectivity index (χ1n) is 6.90. The number of hydrogen-bond acceptors (Lipinski definition) is 2. The van der Waals surface area contributed by atoms with Crippen LogP contribution in [0.25, 0.3) is 0 Å². The van der Waals surface area contributed by atoms with Crippen LogP contribution in [0.15, 0.2) is 11.6 Å². The number of rotatable bonds is 4. The molecule has 2 bridgehead atoms. The molecule has 2 saturated heterocycles. The van der Waals surface area contributed by atoms with Crippen LogP contribution in [0.3, 0.4) is 0 Å². The summed E-state index contributed by atoms with van der Waals surface area (Å²) in [5.41, 5.74) is 1.58. The number of ether oxygens (including phenoxy) is 1. The summed E-state index contributed by atoms with van der Waals surface area (Å²) in [7, 11) is 0. The highest BCUT2D eigenvalue weighted by atomic mass is 16.5. The molecule has 2 nitrogen and oxygen atoms in total. The van der Waals surface area contributed by atoms with Gasteiger partial charge in [0.25, 0.3) is 0 Å². The minimum atomic E-state index is 0.0677. The Hall–Kier alpha value is -0.340. The second-order valence-electron chi connectivity index (χ2n) is 6.42. The fourth-order valence-corrected chi connectivity index (χ4v) is 3.45. The topological polar surface area (TPSA) is 29.5 Å². The predicted octanol–water partition coefficient (Wildman–Crippen LogP) is 3.30. The minimum Gasteiger partial charge on any atom is -0.396 e. The van der Waals surface area contributed by atoms with Crippen molar-refractivity contribution in [3.05, 3.63) is 11.6 Å². The fourth-order valence-electron chi connectivity index (χ4n) is 3.45. The van der Waals surface area contributed by atoms with Crippen molar-refractivity contribution in [3.63, 3.8) is 0 Å². The molecular weight excluding hydrogens is 212 g/mol. The monoisotopic (exact) mass is 238 g/mol. The lowest BCUT2D eigenvalue weighted by molar-refractivity contribution is -0.220. The van der Waals surface area contributed by atoms with Gasteiger partial charge in [0.05, 0.1) is 18.8 Å². The van der Waals surface area contributed by atoms with Gasteiger partial charge in [0, 0.05) is 5.41 Å². The van der Waals surface area contributed by atoms with Gasteiger partial charge in [0.15, 0.2) is 0 Å². The second kappa shape index (κ2) is 4.74. The molecule has 0 aromatic heterocycles. The maximum absolute atomic E-state index is 9.58. The predicted molar refractivity (Wildman–Crippen MR) is 69.9 cm³/mol. The van der Waals surface area contributed by atoms with Crippen LogP contribution in [0.2, 0.25) is 0 Å². The molecule has 1 N–H and O–H groups in total. The van der Waals surface area contributed by atoms with Crippen LogP contribution >= 0.6 is 0 Å². The van der Waals surface area contributed by atoms with Gasteiger partial charge in [0.2, 0.25) is 0 Å². The van der Waals surface area contributed by atoms with Crippen LogP contribution in [-0.4, -0.2) is 23.9 Å². The van der Waals surface area contributed by atoms with Crippen LogP contribution in [0, 0.1) is 11.3 Å². The van der Waals surface area contributed by atoms with Crippen molar-refractivity contribution >= 4 is 0 Å². The summed E-state index contributed by atoms with van der Waals surface area (Å²) < 4.78 is 6.12. The van der Waals surface area contributed by atoms with Crippen LogP contribution in [0.4, 0.5) is 0 Å². The van der Waals surface area contributed by atoms with Gasteiger partial charge in [-0.05, 0) is 51.9 Å². The van der Waals surface area contributed by atoms with Gasteiger partial charge in [-0.15, -0.1) is 0 Å². The molecule has 0 amide bonds. The summed E-state index contributed by atoms with van der Waals surface area (Å²) in [6.45, 7) is 7.64. The molecule has 1 saturated carbocycles. The van der Waals surface area contributed by atoms with Crippen LogP contribution in [-0.2, 0) is 4.74 Å². The molecule has 3 rings (SSSR count). The SMILES string of the molecule is CC(C)=CCC[C@]12CC[C@@](CO)(CO1)[C@H](C)C2. The van der Waals surface area contributed by atoms with E-state index in [1.807, 2.05) is 0 Å². The Morgan fingerprint density at radius 2 is 2.18 bits per heavy atom. The summed E-state index contributed by atoms with van der Waals surface area (Å²) in [6.07, 6.45) is 7.98. The van der Waals surface area contributed by atoms with E-state index in [9.17, 15) is 5.11 Å². The Balaban J connectivity index is 1.98. The van der Waals surface area contributed by atoms with Gasteiger partial charge in [0.1, 0.15) is 0 Å². The van der Waals surface area contributed by atoms with Gasteiger partial charge in [-0.2, -0.15) is 0 Å². The molecule has 1 aliphatic carbocycles. The Morgan fingerprint density at radius 1 is 1.41 bits per heavy atom. The lowest BCUT2D eigenvalue weighted by Crippen LogP contribution is -2.56. The molecule has 0 aromatic carbocycles. The number of allylic oxidation sites excluding steroid dienone is 2. The Morgan fingerprint density at radius 3 is 2.65 bits per heavy atom. The summed E-state index contributed by atoms with van der Waals surface area (Å²) in [5, 5.41) is 9.58. The molecule has 0 radical (unpaired) electrons. The zero-order valence-electron chi connectivity index (χ0n) is 11.5. The molecule has 3 atom stereocenters. The van der Waals surface area contributed by atoms with Crippen molar-refractivity contribution in [1.82, 2.24) is 0 Å². The van der Waals surface area contributed by atoms with Crippen molar-refractivity contribution in [1.29, 1.82) is 0 Å². The van der Waals surface area contributed by atoms with E-state index in [1.54, 1.807) is 0 Å². The average Bonchev–Trinajstić information content (AvgIpc) is 2.30. The van der Waals surface area contributed by atoms with E-state index in [1.165, 1.54) is 5.57 Å². The van der Waals surface area contributed by atoms with Gasteiger partial charge in [-0.25, -0.2) is 0 Å². The van der Waals surface area contributed by atoms with Crippen LogP contribution in [0.5, 0.6) is 0 Å². The zero-order valence-corrected chi connectivity index (χ0v) is 11.5. The molecule has 2 heterocycles. The van der Waals surface area contributed by atoms with E-state index >= 15 is 0 Å². The molecule has 0 unspecified atom stereocenters. The molecule has 2 aliphatic heterocycles. The van der Waals surface area contributed by atoms with Crippen molar-refractivity contribution in [2.24, 2.45) is 11.3 Å². The third-order valence-electron chi connectivity index (χ3n) is 4.94. The second-order valence-corrected chi connectivity index (χ2v) is 6.42. The number of aliphatic hydroxyl groups excluding tert-OH is 1. The molecule has 0 spiro atoms. The minimum absolute atomic E-state index is 0.0677. The molecule has 17 heavy (non-hydrogen) atoms. The Bertz CT molecular complexity index is 294. The Labute approximate surface area is 105 Å². The van der Waals surface area contributed by atoms with E-state index in [0.717, 1.165) is 38.7 Å². The smallest absolute Gasteiger partial charge is 0.0688 e. The quantitative estimate of drug-likeness (QED) is 0.761. The molecule has 3 aliphatic rings. The number of hydrogen-bond donors (Lipinski definition) is 1. The van der Waals surface area contributed by atoms with Crippen molar-refractivity contribution in [2.75, 3.05) is 13.2 Å². The first kappa shape index (κ1) is 13.1. The van der Waals surface area contributed by atoms with E-state index in [0.29, 0.717) is 5.92 Å². The molecule has 2 heteroatoms. The summed E-state index contributed by atoms with van der Waals surface area (Å²) in [6, 6.07) is 0. The average molecular weight is 238 g/mol. The van der Waals surface area contributed by atoms with Crippen molar-refractivity contribution < 1.29 is 9.84 Å². The highest BCUT2D eigenvalue weighted by Crippen LogP contribution is 2.53. The lowest BCUT2D eigenvalue weighted by atomic mass is 9.59. The maximum atomic E-state index is 9.58. The normalized spacial score (nSPS) is 40.4. The molecule has 98 valence electrons. The summed E-state index contributed by atoms with van der Waals surface area (Å²) >= 11 is 0. The largest absolute Gasteiger partial charge is 0.396 e. The molecule has 0 aromatic rings. The van der Waals surface area contributed by atoms with Crippen molar-refractivity contribution in [3.8, 4) is 0 Å². The fraction of sp³-hybridized carbons (Fsp3) is 0.867. The van der Waals surface area contributed by atoms with Crippen molar-refractivity contribution in [2.45, 2.75) is 58.5 Å². The zero-order chi connectivity index (χ0) is 12.5. The third-order valence-corrected chi connectivity index (χ3v) is 4.94. The molecule has 3 fully saturated rings. The third kappa shape index (κ3) is 2.43. The number of fused-ring (bicyclic) bond motifs is 3. The first-order valence-corrected chi connectivity index (χ1v) is 6.90. The number of aliphatic hydroxyl groups is 1. The van der Waals surface area contributed by atoms with E-state index in [-0.39, 0.29) is 17.6 Å². The van der Waals surface area contributed by atoms with Crippen LogP contribution < -0.4 is 0 Å². The van der Waals surface area contributed by atoms with Gasteiger partial charge >= 0.3 is 0 Å². The van der Waals surface area contributed by atoms with Gasteiger partial charge < -0.3 is 9.84 Å². The van der Waals surface area contributed by atoms with Crippen LogP contribution in [0.1, 0.15) is 52.9 Å². The lowest BCUT2D eigenvalue weighted by Gasteiger charge is -2.56. The van der Waals surface area contributed by atoms with Gasteiger partial charge in [-0.1, -0.05) is 18.6 Å².